The van der Waals surface area contributed by atoms with Crippen molar-refractivity contribution in [3.05, 3.63) is 29.3 Å². The van der Waals surface area contributed by atoms with Gasteiger partial charge in [0.05, 0.1) is 16.3 Å². The summed E-state index contributed by atoms with van der Waals surface area (Å²) in [7, 11) is 0. The number of fused-ring (bicyclic) bond motifs is 1. The maximum Gasteiger partial charge on any atom is 0.111 e. The molecule has 0 amide bonds. The van der Waals surface area contributed by atoms with Crippen molar-refractivity contribution in [3.8, 4) is 0 Å². The van der Waals surface area contributed by atoms with Crippen molar-refractivity contribution in [2.24, 2.45) is 5.92 Å². The normalized spacial score (nSPS) is 18.5. The lowest BCUT2D eigenvalue weighted by Gasteiger charge is -2.14. The Kier molecular flexibility index (Phi) is 3.62. The van der Waals surface area contributed by atoms with Gasteiger partial charge in [0.15, 0.2) is 0 Å². The average molecular weight is 260 g/mol. The fraction of sp³-hybridized carbons (Fsp3) is 0.533. The van der Waals surface area contributed by atoms with E-state index in [4.69, 9.17) is 4.98 Å². The van der Waals surface area contributed by atoms with Gasteiger partial charge in [0, 0.05) is 0 Å². The van der Waals surface area contributed by atoms with Crippen molar-refractivity contribution in [2.45, 2.75) is 38.6 Å². The van der Waals surface area contributed by atoms with Gasteiger partial charge in [-0.1, -0.05) is 25.0 Å². The lowest BCUT2D eigenvalue weighted by atomic mass is 10.1. The van der Waals surface area contributed by atoms with Gasteiger partial charge >= 0.3 is 0 Å². The molecule has 1 N–H and O–H groups in total. The molecule has 1 heterocycles. The quantitative estimate of drug-likeness (QED) is 0.893. The van der Waals surface area contributed by atoms with E-state index in [-0.39, 0.29) is 0 Å². The summed E-state index contributed by atoms with van der Waals surface area (Å²) in [5, 5.41) is 4.87. The summed E-state index contributed by atoms with van der Waals surface area (Å²) in [4.78, 5) is 4.71. The third-order valence-electron chi connectivity index (χ3n) is 3.87. The van der Waals surface area contributed by atoms with E-state index in [1.165, 1.54) is 35.4 Å². The Morgan fingerprint density at radius 1 is 1.33 bits per heavy atom. The lowest BCUT2D eigenvalue weighted by Crippen LogP contribution is -2.24. The molecule has 0 spiro atoms. The van der Waals surface area contributed by atoms with Crippen molar-refractivity contribution in [2.75, 3.05) is 6.54 Å². The van der Waals surface area contributed by atoms with E-state index < -0.39 is 0 Å². The van der Waals surface area contributed by atoms with Crippen LogP contribution in [0.15, 0.2) is 24.3 Å². The first-order valence-corrected chi connectivity index (χ1v) is 7.73. The Hall–Kier alpha value is -0.930. The van der Waals surface area contributed by atoms with E-state index >= 15 is 0 Å². The van der Waals surface area contributed by atoms with Crippen LogP contribution in [0, 0.1) is 5.92 Å². The second kappa shape index (κ2) is 5.37. The monoisotopic (exact) mass is 260 g/mol. The van der Waals surface area contributed by atoms with E-state index in [9.17, 15) is 0 Å². The minimum Gasteiger partial charge on any atom is -0.308 e. The van der Waals surface area contributed by atoms with Gasteiger partial charge in [-0.3, -0.25) is 0 Å². The van der Waals surface area contributed by atoms with Crippen LogP contribution in [0.1, 0.15) is 43.7 Å². The first-order valence-electron chi connectivity index (χ1n) is 6.92. The maximum atomic E-state index is 4.71. The molecule has 0 saturated heterocycles. The number of benzene rings is 1. The van der Waals surface area contributed by atoms with Crippen LogP contribution in [0.3, 0.4) is 0 Å². The third kappa shape index (κ3) is 2.57. The molecule has 0 aliphatic heterocycles. The van der Waals surface area contributed by atoms with Crippen LogP contribution in [-0.2, 0) is 0 Å². The molecule has 0 bridgehead atoms. The summed E-state index contributed by atoms with van der Waals surface area (Å²) in [5.41, 5.74) is 1.13. The molecule has 1 aromatic heterocycles. The third-order valence-corrected chi connectivity index (χ3v) is 5.09. The molecule has 3 heteroatoms. The maximum absolute atomic E-state index is 4.71. The summed E-state index contributed by atoms with van der Waals surface area (Å²) in [6.45, 7) is 3.38. The zero-order chi connectivity index (χ0) is 12.4. The van der Waals surface area contributed by atoms with Gasteiger partial charge in [-0.25, -0.2) is 4.98 Å². The zero-order valence-electron chi connectivity index (χ0n) is 10.9. The molecule has 1 saturated carbocycles. The SMILES string of the molecule is CC(NCC1CCCC1)c1nc2ccccc2s1. The molecular formula is C15H20N2S. The predicted octanol–water partition coefficient (Wildman–Crippen LogP) is 4.14. The van der Waals surface area contributed by atoms with E-state index in [1.807, 2.05) is 11.3 Å². The number of aromatic nitrogens is 1. The number of thiazole rings is 1. The van der Waals surface area contributed by atoms with Crippen LogP contribution in [-0.4, -0.2) is 11.5 Å². The Morgan fingerprint density at radius 3 is 2.89 bits per heavy atom. The summed E-state index contributed by atoms with van der Waals surface area (Å²) in [6.07, 6.45) is 5.64. The Bertz CT molecular complexity index is 481. The molecular weight excluding hydrogens is 240 g/mol. The summed E-state index contributed by atoms with van der Waals surface area (Å²) in [6, 6.07) is 8.77. The van der Waals surface area contributed by atoms with E-state index in [2.05, 4.69) is 36.5 Å². The highest BCUT2D eigenvalue weighted by Gasteiger charge is 2.17. The van der Waals surface area contributed by atoms with Crippen LogP contribution in [0.5, 0.6) is 0 Å². The molecule has 3 rings (SSSR count). The predicted molar refractivity (Wildman–Crippen MR) is 78.0 cm³/mol. The lowest BCUT2D eigenvalue weighted by molar-refractivity contribution is 0.452. The van der Waals surface area contributed by atoms with Gasteiger partial charge in [0.1, 0.15) is 5.01 Å². The van der Waals surface area contributed by atoms with Crippen molar-refractivity contribution in [1.82, 2.24) is 10.3 Å². The Balaban J connectivity index is 1.65. The number of hydrogen-bond donors (Lipinski definition) is 1. The molecule has 1 atom stereocenters. The highest BCUT2D eigenvalue weighted by molar-refractivity contribution is 7.18. The molecule has 1 fully saturated rings. The molecule has 1 unspecified atom stereocenters. The highest BCUT2D eigenvalue weighted by atomic mass is 32.1. The number of nitrogens with one attached hydrogen (secondary N) is 1. The molecule has 0 radical (unpaired) electrons. The van der Waals surface area contributed by atoms with Crippen LogP contribution in [0.25, 0.3) is 10.2 Å². The van der Waals surface area contributed by atoms with E-state index in [1.54, 1.807) is 0 Å². The molecule has 2 nitrogen and oxygen atoms in total. The second-order valence-electron chi connectivity index (χ2n) is 5.30. The first kappa shape index (κ1) is 12.1. The summed E-state index contributed by atoms with van der Waals surface area (Å²) < 4.78 is 1.29. The highest BCUT2D eigenvalue weighted by Crippen LogP contribution is 2.28. The van der Waals surface area contributed by atoms with Crippen molar-refractivity contribution in [3.63, 3.8) is 0 Å². The van der Waals surface area contributed by atoms with Crippen LogP contribution < -0.4 is 5.32 Å². The molecule has 1 aromatic carbocycles. The molecule has 1 aliphatic rings. The van der Waals surface area contributed by atoms with Crippen LogP contribution in [0.4, 0.5) is 0 Å². The Labute approximate surface area is 112 Å². The van der Waals surface area contributed by atoms with Crippen molar-refractivity contribution >= 4 is 21.6 Å². The number of hydrogen-bond acceptors (Lipinski definition) is 3. The number of nitrogens with zero attached hydrogens (tertiary/aromatic N) is 1. The molecule has 2 aromatic rings. The van der Waals surface area contributed by atoms with E-state index in [0.717, 1.165) is 18.0 Å². The van der Waals surface area contributed by atoms with Crippen molar-refractivity contribution in [1.29, 1.82) is 0 Å². The van der Waals surface area contributed by atoms with Gasteiger partial charge in [-0.15, -0.1) is 11.3 Å². The van der Waals surface area contributed by atoms with Gasteiger partial charge < -0.3 is 5.32 Å². The van der Waals surface area contributed by atoms with Gasteiger partial charge in [-0.05, 0) is 44.4 Å². The topological polar surface area (TPSA) is 24.9 Å². The van der Waals surface area contributed by atoms with Crippen molar-refractivity contribution < 1.29 is 0 Å². The molecule has 1 aliphatic carbocycles. The Morgan fingerprint density at radius 2 is 2.11 bits per heavy atom. The minimum absolute atomic E-state index is 0.378. The fourth-order valence-electron chi connectivity index (χ4n) is 2.72. The largest absolute Gasteiger partial charge is 0.308 e. The van der Waals surface area contributed by atoms with Gasteiger partial charge in [0.2, 0.25) is 0 Å². The number of rotatable bonds is 4. The first-order chi connectivity index (χ1) is 8.83. The van der Waals surface area contributed by atoms with Crippen LogP contribution >= 0.6 is 11.3 Å². The summed E-state index contributed by atoms with van der Waals surface area (Å²) >= 11 is 1.81. The number of para-hydroxylation sites is 1. The van der Waals surface area contributed by atoms with Gasteiger partial charge in [-0.2, -0.15) is 0 Å². The smallest absolute Gasteiger partial charge is 0.111 e. The van der Waals surface area contributed by atoms with Crippen LogP contribution in [0.2, 0.25) is 0 Å². The zero-order valence-corrected chi connectivity index (χ0v) is 11.7. The average Bonchev–Trinajstić information content (AvgIpc) is 3.04. The van der Waals surface area contributed by atoms with E-state index in [0.29, 0.717) is 6.04 Å². The standard InChI is InChI=1S/C15H20N2S/c1-11(16-10-12-6-2-3-7-12)15-17-13-8-4-5-9-14(13)18-15/h4-5,8-9,11-12,16H,2-3,6-7,10H2,1H3. The van der Waals surface area contributed by atoms with Gasteiger partial charge in [0.25, 0.3) is 0 Å². The summed E-state index contributed by atoms with van der Waals surface area (Å²) in [5.74, 6) is 0.891. The fourth-order valence-corrected chi connectivity index (χ4v) is 3.71. The molecule has 96 valence electrons. The molecule has 18 heavy (non-hydrogen) atoms. The minimum atomic E-state index is 0.378. The second-order valence-corrected chi connectivity index (χ2v) is 6.36.